The fraction of sp³-hybridized carbons (Fsp3) is 0.364. The second-order valence-corrected chi connectivity index (χ2v) is 11.1. The van der Waals surface area contributed by atoms with Gasteiger partial charge in [-0.25, -0.2) is 4.39 Å². The van der Waals surface area contributed by atoms with Gasteiger partial charge in [0.05, 0.1) is 22.9 Å². The molecule has 43 heavy (non-hydrogen) atoms. The van der Waals surface area contributed by atoms with E-state index in [0.717, 1.165) is 13.1 Å². The first-order valence-electron chi connectivity index (χ1n) is 14.6. The lowest BCUT2D eigenvalue weighted by Crippen LogP contribution is -2.40. The molecule has 0 fully saturated rings. The number of likely N-dealkylation sites (N-methyl/N-ethyl adjacent to an activating group) is 1. The van der Waals surface area contributed by atoms with Gasteiger partial charge in [-0.15, -0.1) is 0 Å². The number of hydrogen-bond acceptors (Lipinski definition) is 5. The lowest BCUT2D eigenvalue weighted by atomic mass is 9.92. The van der Waals surface area contributed by atoms with E-state index >= 15 is 0 Å². The number of fused-ring (bicyclic) bond motifs is 1. The van der Waals surface area contributed by atoms with Gasteiger partial charge in [-0.05, 0) is 82.3 Å². The van der Waals surface area contributed by atoms with E-state index in [9.17, 15) is 23.9 Å². The van der Waals surface area contributed by atoms with Crippen molar-refractivity contribution in [3.8, 4) is 11.1 Å². The first-order valence-corrected chi connectivity index (χ1v) is 14.6. The highest BCUT2D eigenvalue weighted by Gasteiger charge is 2.31. The summed E-state index contributed by atoms with van der Waals surface area (Å²) in [6.07, 6.45) is -0.763. The normalized spacial score (nSPS) is 14.5. The maximum absolute atomic E-state index is 13.9. The van der Waals surface area contributed by atoms with Crippen molar-refractivity contribution in [2.45, 2.75) is 53.7 Å². The van der Waals surface area contributed by atoms with Crippen molar-refractivity contribution in [3.63, 3.8) is 0 Å². The van der Waals surface area contributed by atoms with Crippen LogP contribution >= 0.6 is 0 Å². The molecule has 2 heterocycles. The Morgan fingerprint density at radius 3 is 2.35 bits per heavy atom. The zero-order valence-electron chi connectivity index (χ0n) is 25.5. The largest absolute Gasteiger partial charge is 0.390 e. The van der Waals surface area contributed by atoms with Crippen LogP contribution in [0.4, 0.5) is 10.1 Å². The van der Waals surface area contributed by atoms with Crippen LogP contribution in [-0.4, -0.2) is 71.0 Å². The molecule has 0 spiro atoms. The van der Waals surface area contributed by atoms with Crippen molar-refractivity contribution in [3.05, 3.63) is 76.4 Å². The molecule has 228 valence electrons. The maximum Gasteiger partial charge on any atom is 0.256 e. The Bertz CT molecular complexity index is 1550. The molecule has 0 saturated carbocycles. The van der Waals surface area contributed by atoms with Crippen LogP contribution in [0.1, 0.15) is 72.3 Å². The second kappa shape index (κ2) is 13.4. The average molecular weight is 590 g/mol. The van der Waals surface area contributed by atoms with Crippen LogP contribution in [0.25, 0.3) is 22.3 Å². The van der Waals surface area contributed by atoms with Crippen molar-refractivity contribution in [2.75, 3.05) is 31.5 Å². The third-order valence-corrected chi connectivity index (χ3v) is 7.61. The van der Waals surface area contributed by atoms with Crippen molar-refractivity contribution in [1.29, 1.82) is 0 Å². The van der Waals surface area contributed by atoms with Crippen molar-refractivity contribution in [2.24, 2.45) is 0 Å². The molecule has 0 bridgehead atoms. The van der Waals surface area contributed by atoms with E-state index in [-0.39, 0.29) is 24.4 Å². The van der Waals surface area contributed by atoms with Gasteiger partial charge in [-0.2, -0.15) is 0 Å². The van der Waals surface area contributed by atoms with Crippen LogP contribution in [0.5, 0.6) is 0 Å². The number of benzene rings is 2. The number of aliphatic hydroxyl groups excluding tert-OH is 1. The van der Waals surface area contributed by atoms with Gasteiger partial charge in [0.25, 0.3) is 17.7 Å². The summed E-state index contributed by atoms with van der Waals surface area (Å²) in [6.45, 7) is 13.3. The molecule has 0 radical (unpaired) electrons. The van der Waals surface area contributed by atoms with Gasteiger partial charge in [0.2, 0.25) is 0 Å². The lowest BCUT2D eigenvalue weighted by molar-refractivity contribution is -0.110. The number of carbonyl (C=O) groups is 3. The number of aliphatic hydroxyl groups is 1. The molecule has 1 atom stereocenters. The SMILES string of the molecule is CCN(CC)CC(O)CNC(=O)c1c(C)[nH]c(/C(C)=C2\C(=O)Nc3ccc(C(=O)NC(C)C)cc32)c1-c1ccc(F)cc1. The Balaban J connectivity index is 1.79. The number of aryl methyl sites for hydroxylation is 1. The number of hydrogen-bond donors (Lipinski definition) is 5. The van der Waals surface area contributed by atoms with Crippen LogP contribution in [0, 0.1) is 12.7 Å². The first-order chi connectivity index (χ1) is 20.4. The topological polar surface area (TPSA) is 127 Å². The number of aromatic nitrogens is 1. The molecule has 2 aromatic carbocycles. The van der Waals surface area contributed by atoms with Crippen LogP contribution in [0.15, 0.2) is 42.5 Å². The average Bonchev–Trinajstić information content (AvgIpc) is 3.49. The number of amides is 3. The number of nitrogens with one attached hydrogen (secondary N) is 4. The van der Waals surface area contributed by atoms with E-state index in [1.54, 1.807) is 44.2 Å². The molecule has 1 aromatic heterocycles. The van der Waals surface area contributed by atoms with Gasteiger partial charge < -0.3 is 30.9 Å². The number of anilines is 1. The predicted octanol–water partition coefficient (Wildman–Crippen LogP) is 4.58. The van der Waals surface area contributed by atoms with Crippen molar-refractivity contribution >= 4 is 34.6 Å². The van der Waals surface area contributed by atoms with Crippen molar-refractivity contribution < 1.29 is 23.9 Å². The Hall–Kier alpha value is -4.28. The Morgan fingerprint density at radius 2 is 1.72 bits per heavy atom. The van der Waals surface area contributed by atoms with E-state index < -0.39 is 17.8 Å². The van der Waals surface area contributed by atoms with E-state index in [4.69, 9.17) is 0 Å². The van der Waals surface area contributed by atoms with Crippen LogP contribution in [0.2, 0.25) is 0 Å². The van der Waals surface area contributed by atoms with E-state index in [1.165, 1.54) is 12.1 Å². The fourth-order valence-electron chi connectivity index (χ4n) is 5.39. The second-order valence-electron chi connectivity index (χ2n) is 11.1. The van der Waals surface area contributed by atoms with E-state index in [0.29, 0.717) is 62.6 Å². The van der Waals surface area contributed by atoms with Gasteiger partial charge in [0.1, 0.15) is 5.82 Å². The highest BCUT2D eigenvalue weighted by Crippen LogP contribution is 2.41. The Morgan fingerprint density at radius 1 is 1.05 bits per heavy atom. The summed E-state index contributed by atoms with van der Waals surface area (Å²) in [4.78, 5) is 45.0. The summed E-state index contributed by atoms with van der Waals surface area (Å²) in [5.41, 5.74) is 4.97. The zero-order valence-corrected chi connectivity index (χ0v) is 25.5. The number of halogens is 1. The van der Waals surface area contributed by atoms with E-state index in [2.05, 4.69) is 25.8 Å². The third kappa shape index (κ3) is 6.87. The summed E-state index contributed by atoms with van der Waals surface area (Å²) in [5.74, 6) is -1.41. The number of rotatable bonds is 11. The van der Waals surface area contributed by atoms with Crippen LogP contribution in [-0.2, 0) is 4.79 Å². The zero-order chi connectivity index (χ0) is 31.4. The maximum atomic E-state index is 13.9. The van der Waals surface area contributed by atoms with Gasteiger partial charge >= 0.3 is 0 Å². The highest BCUT2D eigenvalue weighted by atomic mass is 19.1. The highest BCUT2D eigenvalue weighted by molar-refractivity contribution is 6.37. The fourth-order valence-corrected chi connectivity index (χ4v) is 5.39. The third-order valence-electron chi connectivity index (χ3n) is 7.61. The van der Waals surface area contributed by atoms with Crippen LogP contribution in [0.3, 0.4) is 0 Å². The molecule has 3 aromatic rings. The molecule has 9 nitrogen and oxygen atoms in total. The first kappa shape index (κ1) is 31.7. The molecule has 0 saturated heterocycles. The summed E-state index contributed by atoms with van der Waals surface area (Å²) in [5, 5.41) is 19.1. The van der Waals surface area contributed by atoms with E-state index in [1.807, 2.05) is 27.7 Å². The van der Waals surface area contributed by atoms with Gasteiger partial charge in [0.15, 0.2) is 0 Å². The monoisotopic (exact) mass is 589 g/mol. The molecule has 1 aliphatic rings. The molecule has 5 N–H and O–H groups in total. The predicted molar refractivity (Wildman–Crippen MR) is 167 cm³/mol. The van der Waals surface area contributed by atoms with Gasteiger partial charge in [0, 0.05) is 47.2 Å². The number of carbonyl (C=O) groups excluding carboxylic acids is 3. The van der Waals surface area contributed by atoms with Crippen molar-refractivity contribution in [1.82, 2.24) is 20.5 Å². The molecular weight excluding hydrogens is 549 g/mol. The molecule has 4 rings (SSSR count). The molecule has 3 amide bonds. The molecule has 1 unspecified atom stereocenters. The Labute approximate surface area is 251 Å². The number of allylic oxidation sites excluding steroid dienone is 1. The standard InChI is InChI=1S/C33H40FN5O4/c1-7-39(8-2)17-24(40)16-35-32(42)28-20(6)37-30(29(28)21-9-12-23(34)13-10-21)19(5)27-25-15-22(31(41)36-18(3)4)11-14-26(25)38-33(27)43/h9-15,18,24,37,40H,7-8,16-17H2,1-6H3,(H,35,42)(H,36,41)(H,38,43)/b27-19-. The number of aromatic amines is 1. The summed E-state index contributed by atoms with van der Waals surface area (Å²) < 4.78 is 13.9. The number of H-pyrrole nitrogens is 1. The molecule has 1 aliphatic heterocycles. The minimum Gasteiger partial charge on any atom is -0.390 e. The van der Waals surface area contributed by atoms with Gasteiger partial charge in [-0.1, -0.05) is 26.0 Å². The smallest absolute Gasteiger partial charge is 0.256 e. The summed E-state index contributed by atoms with van der Waals surface area (Å²) in [6, 6.07) is 10.8. The molecular formula is C33H40FN5O4. The molecule has 0 aliphatic carbocycles. The lowest BCUT2D eigenvalue weighted by Gasteiger charge is -2.22. The summed E-state index contributed by atoms with van der Waals surface area (Å²) >= 11 is 0. The Kier molecular flexibility index (Phi) is 9.83. The minimum absolute atomic E-state index is 0.0508. The number of nitrogens with zero attached hydrogens (tertiary/aromatic N) is 1. The van der Waals surface area contributed by atoms with Gasteiger partial charge in [-0.3, -0.25) is 14.4 Å². The van der Waals surface area contributed by atoms with Crippen LogP contribution < -0.4 is 16.0 Å². The summed E-state index contributed by atoms with van der Waals surface area (Å²) in [7, 11) is 0. The minimum atomic E-state index is -0.763. The quantitative estimate of drug-likeness (QED) is 0.209. The molecule has 10 heteroatoms.